The van der Waals surface area contributed by atoms with E-state index in [-0.39, 0.29) is 15.6 Å². The molecule has 30 heavy (non-hydrogen) atoms. The van der Waals surface area contributed by atoms with E-state index in [0.29, 0.717) is 11.3 Å². The molecule has 0 radical (unpaired) electrons. The van der Waals surface area contributed by atoms with Crippen molar-refractivity contribution in [2.24, 2.45) is 0 Å². The Morgan fingerprint density at radius 2 is 1.13 bits per heavy atom. The second-order valence-corrected chi connectivity index (χ2v) is 10.5. The molecule has 0 aromatic heterocycles. The minimum absolute atomic E-state index is 0.115. The molecule has 0 saturated heterocycles. The molecule has 0 unspecified atom stereocenters. The van der Waals surface area contributed by atoms with Gasteiger partial charge in [0, 0.05) is 17.5 Å². The van der Waals surface area contributed by atoms with Crippen LogP contribution in [0.15, 0.2) is 105 Å². The topological polar surface area (TPSA) is 97.4 Å². The van der Waals surface area contributed by atoms with Crippen LogP contribution in [0, 0.1) is 0 Å². The van der Waals surface area contributed by atoms with Crippen LogP contribution < -0.4 is 5.32 Å². The molecule has 0 aliphatic carbocycles. The van der Waals surface area contributed by atoms with Crippen molar-refractivity contribution in [3.05, 3.63) is 101 Å². The lowest BCUT2D eigenvalue weighted by Crippen LogP contribution is -2.16. The summed E-state index contributed by atoms with van der Waals surface area (Å²) >= 11 is 0. The van der Waals surface area contributed by atoms with Gasteiger partial charge in [-0.3, -0.25) is 4.79 Å². The van der Waals surface area contributed by atoms with Crippen molar-refractivity contribution in [2.45, 2.75) is 16.7 Å². The van der Waals surface area contributed by atoms with E-state index in [1.165, 1.54) is 55.5 Å². The van der Waals surface area contributed by atoms with E-state index in [1.807, 2.05) is 0 Å². The standard InChI is InChI=1S/C22H19NO5S2/c1-17(24)18-12-14-19(15-13-18)23-16-22(29(25,26)20-8-4-2-5-9-20)30(27,28)21-10-6-3-7-11-21/h2-16,23H,1H3. The maximum absolute atomic E-state index is 13.2. The number of carbonyl (C=O) groups excluding carboxylic acids is 1. The monoisotopic (exact) mass is 441 g/mol. The molecule has 3 aromatic carbocycles. The summed E-state index contributed by atoms with van der Waals surface area (Å²) in [7, 11) is -8.68. The second kappa shape index (κ2) is 8.64. The Morgan fingerprint density at radius 1 is 0.700 bits per heavy atom. The van der Waals surface area contributed by atoms with E-state index in [4.69, 9.17) is 0 Å². The van der Waals surface area contributed by atoms with Gasteiger partial charge in [-0.1, -0.05) is 36.4 Å². The van der Waals surface area contributed by atoms with Gasteiger partial charge >= 0.3 is 0 Å². The summed E-state index contributed by atoms with van der Waals surface area (Å²) < 4.78 is 52.0. The van der Waals surface area contributed by atoms with Crippen LogP contribution >= 0.6 is 0 Å². The van der Waals surface area contributed by atoms with Crippen molar-refractivity contribution in [1.82, 2.24) is 0 Å². The fraction of sp³-hybridized carbons (Fsp3) is 0.0455. The normalized spacial score (nSPS) is 11.5. The van der Waals surface area contributed by atoms with E-state index in [2.05, 4.69) is 5.32 Å². The average Bonchev–Trinajstić information content (AvgIpc) is 2.75. The number of ketones is 1. The van der Waals surface area contributed by atoms with Crippen LogP contribution in [0.5, 0.6) is 0 Å². The summed E-state index contributed by atoms with van der Waals surface area (Å²) in [4.78, 5) is 11.1. The Kier molecular flexibility index (Phi) is 6.19. The molecule has 0 aliphatic heterocycles. The molecule has 0 atom stereocenters. The lowest BCUT2D eigenvalue weighted by molar-refractivity contribution is 0.101. The molecule has 0 amide bonds. The molecule has 154 valence electrons. The predicted octanol–water partition coefficient (Wildman–Crippen LogP) is 4.05. The van der Waals surface area contributed by atoms with Crippen LogP contribution in [0.4, 0.5) is 5.69 Å². The number of benzene rings is 3. The summed E-state index contributed by atoms with van der Waals surface area (Å²) in [5, 5.41) is 2.73. The third kappa shape index (κ3) is 4.50. The lowest BCUT2D eigenvalue weighted by atomic mass is 10.1. The maximum Gasteiger partial charge on any atom is 0.219 e. The minimum atomic E-state index is -4.34. The van der Waals surface area contributed by atoms with Crippen molar-refractivity contribution in [2.75, 3.05) is 5.32 Å². The summed E-state index contributed by atoms with van der Waals surface area (Å²) in [6, 6.07) is 21.0. The van der Waals surface area contributed by atoms with Crippen LogP contribution in [0.1, 0.15) is 17.3 Å². The van der Waals surface area contributed by atoms with E-state index < -0.39 is 23.9 Å². The van der Waals surface area contributed by atoms with E-state index in [1.54, 1.807) is 36.4 Å². The minimum Gasteiger partial charge on any atom is -0.360 e. The maximum atomic E-state index is 13.2. The molecular formula is C22H19NO5S2. The molecule has 8 heteroatoms. The molecular weight excluding hydrogens is 422 g/mol. The zero-order chi connectivity index (χ0) is 21.8. The van der Waals surface area contributed by atoms with Crippen LogP contribution in [0.25, 0.3) is 0 Å². The third-order valence-corrected chi connectivity index (χ3v) is 8.68. The highest BCUT2D eigenvalue weighted by Crippen LogP contribution is 2.29. The summed E-state index contributed by atoms with van der Waals surface area (Å²) in [6.07, 6.45) is 0.966. The highest BCUT2D eigenvalue weighted by molar-refractivity contribution is 8.14. The van der Waals surface area contributed by atoms with Crippen LogP contribution in [0.2, 0.25) is 0 Å². The average molecular weight is 442 g/mol. The number of sulfone groups is 2. The molecule has 0 fully saturated rings. The number of Topliss-reactive ketones (excluding diaryl/α,β-unsaturated/α-hetero) is 1. The number of nitrogens with one attached hydrogen (secondary N) is 1. The van der Waals surface area contributed by atoms with E-state index in [0.717, 1.165) is 6.20 Å². The van der Waals surface area contributed by atoms with Crippen molar-refractivity contribution < 1.29 is 21.6 Å². The van der Waals surface area contributed by atoms with Crippen molar-refractivity contribution >= 4 is 31.1 Å². The number of anilines is 1. The Hall–Kier alpha value is -3.23. The van der Waals surface area contributed by atoms with Gasteiger partial charge in [-0.25, -0.2) is 16.8 Å². The Morgan fingerprint density at radius 3 is 1.53 bits per heavy atom. The smallest absolute Gasteiger partial charge is 0.219 e. The van der Waals surface area contributed by atoms with Gasteiger partial charge in [-0.15, -0.1) is 0 Å². The Bertz CT molecular complexity index is 1210. The first-order chi connectivity index (χ1) is 14.2. The molecule has 0 heterocycles. The highest BCUT2D eigenvalue weighted by Gasteiger charge is 2.33. The van der Waals surface area contributed by atoms with Gasteiger partial charge in [-0.05, 0) is 55.5 Å². The molecule has 0 spiro atoms. The zero-order valence-electron chi connectivity index (χ0n) is 16.0. The number of carbonyl (C=O) groups is 1. The first kappa shape index (κ1) is 21.5. The van der Waals surface area contributed by atoms with Gasteiger partial charge in [0.25, 0.3) is 0 Å². The zero-order valence-corrected chi connectivity index (χ0v) is 17.7. The van der Waals surface area contributed by atoms with Gasteiger partial charge < -0.3 is 5.32 Å². The fourth-order valence-corrected chi connectivity index (χ4v) is 6.33. The number of hydrogen-bond donors (Lipinski definition) is 1. The van der Waals surface area contributed by atoms with Gasteiger partial charge in [0.15, 0.2) is 10.0 Å². The third-order valence-electron chi connectivity index (χ3n) is 4.28. The lowest BCUT2D eigenvalue weighted by Gasteiger charge is -2.12. The highest BCUT2D eigenvalue weighted by atomic mass is 32.3. The van der Waals surface area contributed by atoms with Crippen LogP contribution in [-0.4, -0.2) is 22.6 Å². The van der Waals surface area contributed by atoms with Crippen LogP contribution in [-0.2, 0) is 19.7 Å². The number of hydrogen-bond acceptors (Lipinski definition) is 6. The van der Waals surface area contributed by atoms with Gasteiger partial charge in [-0.2, -0.15) is 0 Å². The van der Waals surface area contributed by atoms with E-state index >= 15 is 0 Å². The molecule has 6 nitrogen and oxygen atoms in total. The quantitative estimate of drug-likeness (QED) is 0.556. The summed E-state index contributed by atoms with van der Waals surface area (Å²) in [5.74, 6) is -0.115. The van der Waals surface area contributed by atoms with Crippen molar-refractivity contribution in [3.63, 3.8) is 0 Å². The largest absolute Gasteiger partial charge is 0.360 e. The Labute approximate surface area is 175 Å². The first-order valence-electron chi connectivity index (χ1n) is 8.91. The van der Waals surface area contributed by atoms with E-state index in [9.17, 15) is 21.6 Å². The summed E-state index contributed by atoms with van der Waals surface area (Å²) in [6.45, 7) is 1.43. The number of rotatable bonds is 7. The Balaban J connectivity index is 2.10. The molecule has 1 N–H and O–H groups in total. The van der Waals surface area contributed by atoms with Gasteiger partial charge in [0.05, 0.1) is 9.79 Å². The molecule has 3 aromatic rings. The fourth-order valence-electron chi connectivity index (χ4n) is 2.67. The van der Waals surface area contributed by atoms with Gasteiger partial charge in [0.2, 0.25) is 19.7 Å². The summed E-state index contributed by atoms with van der Waals surface area (Å²) in [5.41, 5.74) is 0.919. The molecule has 0 bridgehead atoms. The SMILES string of the molecule is CC(=O)c1ccc(NC=C(S(=O)(=O)c2ccccc2)S(=O)(=O)c2ccccc2)cc1. The second-order valence-electron chi connectivity index (χ2n) is 6.37. The molecule has 0 aliphatic rings. The van der Waals surface area contributed by atoms with Crippen LogP contribution in [0.3, 0.4) is 0 Å². The van der Waals surface area contributed by atoms with Crippen molar-refractivity contribution in [3.8, 4) is 0 Å². The molecule has 0 saturated carbocycles. The van der Waals surface area contributed by atoms with Gasteiger partial charge in [0.1, 0.15) is 0 Å². The predicted molar refractivity (Wildman–Crippen MR) is 115 cm³/mol. The van der Waals surface area contributed by atoms with Crippen molar-refractivity contribution in [1.29, 1.82) is 0 Å². The first-order valence-corrected chi connectivity index (χ1v) is 11.9. The molecule has 3 rings (SSSR count).